The second-order valence-electron chi connectivity index (χ2n) is 10.1. The fourth-order valence-electron chi connectivity index (χ4n) is 5.40. The largest absolute Gasteiger partial charge is 0.344 e. The number of nitrogens with zero attached hydrogens (tertiary/aromatic N) is 4. The first-order valence-corrected chi connectivity index (χ1v) is 12.1. The van der Waals surface area contributed by atoms with Crippen molar-refractivity contribution in [2.45, 2.75) is 45.3 Å². The van der Waals surface area contributed by atoms with Crippen LogP contribution in [0.15, 0.2) is 36.5 Å². The van der Waals surface area contributed by atoms with E-state index in [0.29, 0.717) is 43.0 Å². The van der Waals surface area contributed by atoms with Crippen LogP contribution in [0.3, 0.4) is 0 Å². The quantitative estimate of drug-likeness (QED) is 0.624. The third-order valence-corrected chi connectivity index (χ3v) is 7.31. The molecule has 2 atom stereocenters. The molecule has 3 aliphatic heterocycles. The predicted octanol–water partition coefficient (Wildman–Crippen LogP) is 2.38. The minimum Gasteiger partial charge on any atom is -0.344 e. The summed E-state index contributed by atoms with van der Waals surface area (Å²) in [5.41, 5.74) is 1.12. The standard InChI is InChI=1S/C26H29FN6O3/c1-15(2)18(12-19(28)16-4-6-17(27)7-5-16)23-29-13-21-25(36)32-11-10-31(14-26(32,3)33(21)23)24(35)20-8-9-22(34)30-20/h4-7,12-13,15,20,28H,8-11,14H2,1-3H3,(H,30,34). The van der Waals surface area contributed by atoms with Crippen molar-refractivity contribution >= 4 is 29.0 Å². The van der Waals surface area contributed by atoms with E-state index in [4.69, 9.17) is 5.41 Å². The molecule has 3 amide bonds. The van der Waals surface area contributed by atoms with Crippen LogP contribution in [-0.4, -0.2) is 68.5 Å². The molecule has 0 radical (unpaired) electrons. The second-order valence-corrected chi connectivity index (χ2v) is 10.1. The molecule has 4 heterocycles. The molecule has 0 saturated carbocycles. The molecule has 0 bridgehead atoms. The lowest BCUT2D eigenvalue weighted by molar-refractivity contribution is -0.140. The lowest BCUT2D eigenvalue weighted by Crippen LogP contribution is -2.62. The molecule has 2 fully saturated rings. The van der Waals surface area contributed by atoms with E-state index in [0.717, 1.165) is 5.57 Å². The number of carbonyl (C=O) groups is 3. The average molecular weight is 493 g/mol. The first-order valence-electron chi connectivity index (χ1n) is 12.1. The minimum atomic E-state index is -0.860. The van der Waals surface area contributed by atoms with Crippen LogP contribution >= 0.6 is 0 Å². The fourth-order valence-corrected chi connectivity index (χ4v) is 5.40. The van der Waals surface area contributed by atoms with Gasteiger partial charge in [-0.2, -0.15) is 0 Å². The van der Waals surface area contributed by atoms with E-state index in [9.17, 15) is 18.8 Å². The molecule has 9 nitrogen and oxygen atoms in total. The summed E-state index contributed by atoms with van der Waals surface area (Å²) in [6.45, 7) is 6.92. The smallest absolute Gasteiger partial charge is 0.274 e. The summed E-state index contributed by atoms with van der Waals surface area (Å²) in [4.78, 5) is 46.2. The summed E-state index contributed by atoms with van der Waals surface area (Å²) in [5.74, 6) is -0.237. The van der Waals surface area contributed by atoms with Crippen LogP contribution < -0.4 is 5.32 Å². The first-order chi connectivity index (χ1) is 17.1. The number of benzene rings is 1. The van der Waals surface area contributed by atoms with Crippen molar-refractivity contribution in [3.05, 3.63) is 59.4 Å². The maximum absolute atomic E-state index is 13.4. The molecule has 2 saturated heterocycles. The van der Waals surface area contributed by atoms with Gasteiger partial charge in [-0.3, -0.25) is 19.0 Å². The molecule has 5 rings (SSSR count). The second kappa shape index (κ2) is 8.69. The summed E-state index contributed by atoms with van der Waals surface area (Å²) in [5, 5.41) is 11.3. The lowest BCUT2D eigenvalue weighted by Gasteiger charge is -2.46. The number of hydrogen-bond donors (Lipinski definition) is 2. The number of aromatic nitrogens is 2. The van der Waals surface area contributed by atoms with Crippen LogP contribution in [0.1, 0.15) is 55.5 Å². The van der Waals surface area contributed by atoms with Gasteiger partial charge in [0.2, 0.25) is 11.8 Å². The Hall–Kier alpha value is -3.82. The number of piperazine rings is 1. The molecule has 0 spiro atoms. The van der Waals surface area contributed by atoms with E-state index in [1.807, 2.05) is 25.3 Å². The van der Waals surface area contributed by atoms with Crippen LogP contribution in [-0.2, 0) is 15.3 Å². The molecule has 1 aromatic carbocycles. The molecule has 188 valence electrons. The topological polar surface area (TPSA) is 111 Å². The number of nitrogens with one attached hydrogen (secondary N) is 2. The number of hydrogen-bond acceptors (Lipinski definition) is 5. The Balaban J connectivity index is 1.51. The van der Waals surface area contributed by atoms with Crippen LogP contribution in [0, 0.1) is 17.1 Å². The Bertz CT molecular complexity index is 1300. The van der Waals surface area contributed by atoms with E-state index in [2.05, 4.69) is 10.3 Å². The van der Waals surface area contributed by atoms with Crippen molar-refractivity contribution in [2.75, 3.05) is 19.6 Å². The molecule has 36 heavy (non-hydrogen) atoms. The number of halogens is 1. The molecule has 0 aliphatic carbocycles. The molecule has 2 unspecified atom stereocenters. The van der Waals surface area contributed by atoms with Gasteiger partial charge >= 0.3 is 0 Å². The zero-order valence-electron chi connectivity index (χ0n) is 20.5. The van der Waals surface area contributed by atoms with Gasteiger partial charge in [-0.1, -0.05) is 13.8 Å². The Morgan fingerprint density at radius 3 is 2.61 bits per heavy atom. The normalized spacial score (nSPS) is 23.7. The fraction of sp³-hybridized carbons (Fsp3) is 0.423. The number of amides is 3. The summed E-state index contributed by atoms with van der Waals surface area (Å²) in [7, 11) is 0. The van der Waals surface area contributed by atoms with Gasteiger partial charge in [0.1, 0.15) is 29.0 Å². The van der Waals surface area contributed by atoms with Crippen LogP contribution in [0.4, 0.5) is 4.39 Å². The molecule has 2 N–H and O–H groups in total. The maximum Gasteiger partial charge on any atom is 0.274 e. The number of rotatable bonds is 5. The van der Waals surface area contributed by atoms with E-state index >= 15 is 0 Å². The highest BCUT2D eigenvalue weighted by Crippen LogP contribution is 2.40. The number of imidazole rings is 1. The summed E-state index contributed by atoms with van der Waals surface area (Å²) >= 11 is 0. The van der Waals surface area contributed by atoms with Crippen LogP contribution in [0.2, 0.25) is 0 Å². The number of allylic oxidation sites excluding steroid dienone is 2. The highest BCUT2D eigenvalue weighted by Gasteiger charge is 2.52. The van der Waals surface area contributed by atoms with E-state index < -0.39 is 11.7 Å². The van der Waals surface area contributed by atoms with Crippen molar-refractivity contribution < 1.29 is 18.8 Å². The van der Waals surface area contributed by atoms with E-state index in [-0.39, 0.29) is 41.7 Å². The molecule has 1 aromatic heterocycles. The van der Waals surface area contributed by atoms with Gasteiger partial charge in [0.25, 0.3) is 5.91 Å². The Labute approximate surface area is 208 Å². The monoisotopic (exact) mass is 492 g/mol. The van der Waals surface area contributed by atoms with Crippen molar-refractivity contribution in [1.82, 2.24) is 24.7 Å². The van der Waals surface area contributed by atoms with Crippen molar-refractivity contribution in [3.63, 3.8) is 0 Å². The molecular weight excluding hydrogens is 463 g/mol. The Kier molecular flexibility index (Phi) is 5.77. The van der Waals surface area contributed by atoms with E-state index in [1.54, 1.807) is 34.2 Å². The Morgan fingerprint density at radius 1 is 1.25 bits per heavy atom. The van der Waals surface area contributed by atoms with Gasteiger partial charge in [-0.15, -0.1) is 0 Å². The highest BCUT2D eigenvalue weighted by atomic mass is 19.1. The number of carbonyl (C=O) groups excluding carboxylic acids is 3. The van der Waals surface area contributed by atoms with Gasteiger partial charge in [0.15, 0.2) is 0 Å². The zero-order chi connectivity index (χ0) is 25.8. The van der Waals surface area contributed by atoms with Crippen LogP contribution in [0.25, 0.3) is 5.57 Å². The number of fused-ring (bicyclic) bond motifs is 3. The summed E-state index contributed by atoms with van der Waals surface area (Å²) < 4.78 is 15.3. The first kappa shape index (κ1) is 23.9. The van der Waals surface area contributed by atoms with Crippen molar-refractivity contribution in [2.24, 2.45) is 5.92 Å². The van der Waals surface area contributed by atoms with Gasteiger partial charge < -0.3 is 20.5 Å². The molecule has 2 aromatic rings. The van der Waals surface area contributed by atoms with Gasteiger partial charge in [-0.05, 0) is 60.7 Å². The summed E-state index contributed by atoms with van der Waals surface area (Å²) in [6.07, 6.45) is 4.08. The van der Waals surface area contributed by atoms with Gasteiger partial charge in [0, 0.05) is 19.5 Å². The van der Waals surface area contributed by atoms with Gasteiger partial charge in [0.05, 0.1) is 18.5 Å². The predicted molar refractivity (Wildman–Crippen MR) is 131 cm³/mol. The van der Waals surface area contributed by atoms with E-state index in [1.165, 1.54) is 12.1 Å². The SMILES string of the molecule is CC(C)C(=CC(=N)c1ccc(F)cc1)c1ncc2n1C1(C)CN(C(=O)C3CCC(=O)N3)CCN1C2=O. The summed E-state index contributed by atoms with van der Waals surface area (Å²) in [6, 6.07) is 5.21. The van der Waals surface area contributed by atoms with Crippen molar-refractivity contribution in [3.8, 4) is 0 Å². The third kappa shape index (κ3) is 3.81. The van der Waals surface area contributed by atoms with Crippen LogP contribution in [0.5, 0.6) is 0 Å². The lowest BCUT2D eigenvalue weighted by atomic mass is 9.97. The molecule has 3 aliphatic rings. The molecule has 10 heteroatoms. The minimum absolute atomic E-state index is 0.0277. The maximum atomic E-state index is 13.4. The van der Waals surface area contributed by atoms with Crippen molar-refractivity contribution in [1.29, 1.82) is 5.41 Å². The third-order valence-electron chi connectivity index (χ3n) is 7.31. The molecular formula is C26H29FN6O3. The Morgan fingerprint density at radius 2 is 1.97 bits per heavy atom. The average Bonchev–Trinajstić information content (AvgIpc) is 3.53. The highest BCUT2D eigenvalue weighted by molar-refractivity contribution is 6.10. The zero-order valence-corrected chi connectivity index (χ0v) is 20.5. The van der Waals surface area contributed by atoms with Gasteiger partial charge in [-0.25, -0.2) is 9.37 Å².